The van der Waals surface area contributed by atoms with Crippen molar-refractivity contribution in [3.63, 3.8) is 0 Å². The molecule has 0 aliphatic rings. The molecule has 0 saturated carbocycles. The second kappa shape index (κ2) is 4.98. The van der Waals surface area contributed by atoms with E-state index in [1.54, 1.807) is 6.92 Å². The summed E-state index contributed by atoms with van der Waals surface area (Å²) in [7, 11) is 0. The summed E-state index contributed by atoms with van der Waals surface area (Å²) in [4.78, 5) is 10.5. The Balaban J connectivity index is 3.95. The molecule has 0 aliphatic carbocycles. The van der Waals surface area contributed by atoms with Crippen LogP contribution in [0.15, 0.2) is 0 Å². The SMILES string of the molecule is CCCCC(C)(CN)OC(N)=O. The Morgan fingerprint density at radius 1 is 1.58 bits per heavy atom. The summed E-state index contributed by atoms with van der Waals surface area (Å²) < 4.78 is 4.90. The first kappa shape index (κ1) is 11.2. The van der Waals surface area contributed by atoms with Crippen molar-refractivity contribution in [2.24, 2.45) is 11.5 Å². The fourth-order valence-corrected chi connectivity index (χ4v) is 0.988. The maximum absolute atomic E-state index is 10.5. The zero-order valence-corrected chi connectivity index (χ0v) is 7.80. The van der Waals surface area contributed by atoms with Crippen molar-refractivity contribution in [1.29, 1.82) is 0 Å². The molecule has 1 amide bonds. The summed E-state index contributed by atoms with van der Waals surface area (Å²) in [6.45, 7) is 4.19. The third-order valence-corrected chi connectivity index (χ3v) is 1.84. The Morgan fingerprint density at radius 2 is 2.17 bits per heavy atom. The van der Waals surface area contributed by atoms with Gasteiger partial charge in [0, 0.05) is 6.54 Å². The molecule has 4 nitrogen and oxygen atoms in total. The van der Waals surface area contributed by atoms with Crippen molar-refractivity contribution in [2.75, 3.05) is 6.54 Å². The first-order chi connectivity index (χ1) is 5.54. The van der Waals surface area contributed by atoms with Gasteiger partial charge in [-0.1, -0.05) is 13.3 Å². The van der Waals surface area contributed by atoms with E-state index in [-0.39, 0.29) is 0 Å². The van der Waals surface area contributed by atoms with E-state index in [4.69, 9.17) is 16.2 Å². The van der Waals surface area contributed by atoms with Crippen LogP contribution in [0, 0.1) is 0 Å². The second-order valence-electron chi connectivity index (χ2n) is 3.18. The number of carbonyl (C=O) groups is 1. The van der Waals surface area contributed by atoms with Crippen molar-refractivity contribution in [1.82, 2.24) is 0 Å². The molecular weight excluding hydrogens is 156 g/mol. The number of ether oxygens (including phenoxy) is 1. The zero-order chi connectivity index (χ0) is 9.61. The minimum Gasteiger partial charge on any atom is -0.442 e. The third kappa shape index (κ3) is 4.18. The standard InChI is InChI=1S/C8H18N2O2/c1-3-4-5-8(2,6-9)12-7(10)11/h3-6,9H2,1-2H3,(H2,10,11). The molecule has 0 bridgehead atoms. The number of primary amides is 1. The lowest BCUT2D eigenvalue weighted by molar-refractivity contribution is 0.0296. The van der Waals surface area contributed by atoms with Gasteiger partial charge < -0.3 is 16.2 Å². The molecule has 0 spiro atoms. The molecule has 0 aliphatic heterocycles. The Kier molecular flexibility index (Phi) is 4.66. The van der Waals surface area contributed by atoms with Crippen LogP contribution in [0.1, 0.15) is 33.1 Å². The average molecular weight is 174 g/mol. The maximum atomic E-state index is 10.5. The Morgan fingerprint density at radius 3 is 2.50 bits per heavy atom. The number of rotatable bonds is 5. The first-order valence-corrected chi connectivity index (χ1v) is 4.22. The predicted molar refractivity (Wildman–Crippen MR) is 47.7 cm³/mol. The highest BCUT2D eigenvalue weighted by atomic mass is 16.6. The van der Waals surface area contributed by atoms with Crippen molar-refractivity contribution in [3.05, 3.63) is 0 Å². The summed E-state index contributed by atoms with van der Waals surface area (Å²) in [5.74, 6) is 0. The molecule has 0 heterocycles. The monoisotopic (exact) mass is 174 g/mol. The molecule has 4 N–H and O–H groups in total. The number of carbonyl (C=O) groups excluding carboxylic acids is 1. The Labute approximate surface area is 73.2 Å². The molecule has 0 aromatic carbocycles. The molecule has 0 rings (SSSR count). The molecular formula is C8H18N2O2. The Hall–Kier alpha value is -0.770. The van der Waals surface area contributed by atoms with Gasteiger partial charge in [-0.05, 0) is 19.8 Å². The molecule has 12 heavy (non-hydrogen) atoms. The van der Waals surface area contributed by atoms with Crippen molar-refractivity contribution < 1.29 is 9.53 Å². The summed E-state index contributed by atoms with van der Waals surface area (Å²) >= 11 is 0. The minimum absolute atomic E-state index is 0.315. The van der Waals surface area contributed by atoms with Gasteiger partial charge in [-0.25, -0.2) is 4.79 Å². The largest absolute Gasteiger partial charge is 0.442 e. The molecule has 72 valence electrons. The van der Waals surface area contributed by atoms with Gasteiger partial charge in [0.05, 0.1) is 0 Å². The fraction of sp³-hybridized carbons (Fsp3) is 0.875. The van der Waals surface area contributed by atoms with Gasteiger partial charge >= 0.3 is 6.09 Å². The average Bonchev–Trinajstić information content (AvgIpc) is 2.00. The van der Waals surface area contributed by atoms with Crippen molar-refractivity contribution in [2.45, 2.75) is 38.7 Å². The highest BCUT2D eigenvalue weighted by Gasteiger charge is 2.25. The van der Waals surface area contributed by atoms with Crippen molar-refractivity contribution >= 4 is 6.09 Å². The number of hydrogen-bond donors (Lipinski definition) is 2. The smallest absolute Gasteiger partial charge is 0.405 e. The van der Waals surface area contributed by atoms with Gasteiger partial charge in [0.25, 0.3) is 0 Å². The van der Waals surface area contributed by atoms with Crippen LogP contribution in [-0.4, -0.2) is 18.2 Å². The summed E-state index contributed by atoms with van der Waals surface area (Å²) in [5.41, 5.74) is 9.79. The fourth-order valence-electron chi connectivity index (χ4n) is 0.988. The maximum Gasteiger partial charge on any atom is 0.405 e. The first-order valence-electron chi connectivity index (χ1n) is 4.22. The highest BCUT2D eigenvalue weighted by molar-refractivity contribution is 5.65. The molecule has 0 fully saturated rings. The lowest BCUT2D eigenvalue weighted by Gasteiger charge is -2.26. The quantitative estimate of drug-likeness (QED) is 0.652. The molecule has 0 aromatic heterocycles. The van der Waals surface area contributed by atoms with Crippen LogP contribution in [-0.2, 0) is 4.74 Å². The van der Waals surface area contributed by atoms with E-state index in [0.29, 0.717) is 6.54 Å². The van der Waals surface area contributed by atoms with Gasteiger partial charge in [0.1, 0.15) is 5.60 Å². The van der Waals surface area contributed by atoms with E-state index in [0.717, 1.165) is 19.3 Å². The second-order valence-corrected chi connectivity index (χ2v) is 3.18. The molecule has 0 aromatic rings. The molecule has 1 atom stereocenters. The molecule has 4 heteroatoms. The van der Waals surface area contributed by atoms with Crippen LogP contribution in [0.2, 0.25) is 0 Å². The van der Waals surface area contributed by atoms with E-state index in [9.17, 15) is 4.79 Å². The number of unbranched alkanes of at least 4 members (excludes halogenated alkanes) is 1. The van der Waals surface area contributed by atoms with Crippen LogP contribution >= 0.6 is 0 Å². The van der Waals surface area contributed by atoms with Crippen LogP contribution in [0.25, 0.3) is 0 Å². The van der Waals surface area contributed by atoms with Crippen LogP contribution in [0.4, 0.5) is 4.79 Å². The molecule has 1 unspecified atom stereocenters. The molecule has 0 radical (unpaired) electrons. The van der Waals surface area contributed by atoms with E-state index in [1.165, 1.54) is 0 Å². The third-order valence-electron chi connectivity index (χ3n) is 1.84. The van der Waals surface area contributed by atoms with Gasteiger partial charge in [0.15, 0.2) is 0 Å². The van der Waals surface area contributed by atoms with Crippen LogP contribution in [0.3, 0.4) is 0 Å². The van der Waals surface area contributed by atoms with Gasteiger partial charge in [-0.15, -0.1) is 0 Å². The highest BCUT2D eigenvalue weighted by Crippen LogP contribution is 2.16. The summed E-state index contributed by atoms with van der Waals surface area (Å²) in [5, 5.41) is 0. The van der Waals surface area contributed by atoms with Gasteiger partial charge in [-0.2, -0.15) is 0 Å². The summed E-state index contributed by atoms with van der Waals surface area (Å²) in [6.07, 6.45) is 2.06. The topological polar surface area (TPSA) is 78.3 Å². The van der Waals surface area contributed by atoms with Gasteiger partial charge in [0.2, 0.25) is 0 Å². The zero-order valence-electron chi connectivity index (χ0n) is 7.80. The number of nitrogens with two attached hydrogens (primary N) is 2. The normalized spacial score (nSPS) is 15.2. The Bertz CT molecular complexity index is 150. The number of hydrogen-bond acceptors (Lipinski definition) is 3. The lowest BCUT2D eigenvalue weighted by atomic mass is 9.99. The lowest BCUT2D eigenvalue weighted by Crippen LogP contribution is -2.41. The van der Waals surface area contributed by atoms with E-state index in [2.05, 4.69) is 6.92 Å². The summed E-state index contributed by atoms with van der Waals surface area (Å²) in [6, 6.07) is 0. The van der Waals surface area contributed by atoms with Crippen LogP contribution in [0.5, 0.6) is 0 Å². The molecule has 0 saturated heterocycles. The van der Waals surface area contributed by atoms with Gasteiger partial charge in [-0.3, -0.25) is 0 Å². The number of amides is 1. The van der Waals surface area contributed by atoms with E-state index in [1.807, 2.05) is 0 Å². The van der Waals surface area contributed by atoms with Crippen LogP contribution < -0.4 is 11.5 Å². The minimum atomic E-state index is -0.751. The van der Waals surface area contributed by atoms with E-state index >= 15 is 0 Å². The van der Waals surface area contributed by atoms with Crippen molar-refractivity contribution in [3.8, 4) is 0 Å². The predicted octanol–water partition coefficient (Wildman–Crippen LogP) is 0.989. The van der Waals surface area contributed by atoms with E-state index < -0.39 is 11.7 Å².